The zero-order chi connectivity index (χ0) is 10.8. The van der Waals surface area contributed by atoms with Crippen molar-refractivity contribution in [3.05, 3.63) is 41.6 Å². The summed E-state index contributed by atoms with van der Waals surface area (Å²) in [4.78, 5) is 0. The van der Waals surface area contributed by atoms with E-state index in [9.17, 15) is 0 Å². The predicted octanol–water partition coefficient (Wildman–Crippen LogP) is 1.85. The Morgan fingerprint density at radius 2 is 2.07 bits per heavy atom. The number of aryl methyl sites for hydroxylation is 2. The third-order valence-electron chi connectivity index (χ3n) is 2.52. The minimum atomic E-state index is 0.525. The molecule has 0 saturated heterocycles. The highest BCUT2D eigenvalue weighted by Gasteiger charge is 2.09. The van der Waals surface area contributed by atoms with Gasteiger partial charge in [0.1, 0.15) is 0 Å². The van der Waals surface area contributed by atoms with E-state index < -0.39 is 0 Å². The largest absolute Gasteiger partial charge is 0.326 e. The van der Waals surface area contributed by atoms with Gasteiger partial charge < -0.3 is 5.73 Å². The Morgan fingerprint density at radius 3 is 2.73 bits per heavy atom. The SMILES string of the molecule is Cc1ccccc1-c1nn(C)cc1CN. The van der Waals surface area contributed by atoms with Crippen LogP contribution in [0.2, 0.25) is 0 Å². The van der Waals surface area contributed by atoms with E-state index in [-0.39, 0.29) is 0 Å². The quantitative estimate of drug-likeness (QED) is 0.806. The zero-order valence-corrected chi connectivity index (χ0v) is 9.07. The molecule has 0 atom stereocenters. The fraction of sp³-hybridized carbons (Fsp3) is 0.250. The van der Waals surface area contributed by atoms with Crippen molar-refractivity contribution in [3.8, 4) is 11.3 Å². The van der Waals surface area contributed by atoms with E-state index in [1.165, 1.54) is 11.1 Å². The second-order valence-electron chi connectivity index (χ2n) is 3.70. The van der Waals surface area contributed by atoms with Crippen molar-refractivity contribution in [1.82, 2.24) is 9.78 Å². The van der Waals surface area contributed by atoms with Crippen LogP contribution in [0.4, 0.5) is 0 Å². The van der Waals surface area contributed by atoms with Crippen LogP contribution in [0.15, 0.2) is 30.5 Å². The fourth-order valence-corrected chi connectivity index (χ4v) is 1.75. The molecular weight excluding hydrogens is 186 g/mol. The molecule has 0 amide bonds. The Hall–Kier alpha value is -1.61. The maximum absolute atomic E-state index is 5.70. The zero-order valence-electron chi connectivity index (χ0n) is 9.07. The molecule has 0 radical (unpaired) electrons. The van der Waals surface area contributed by atoms with Crippen LogP contribution >= 0.6 is 0 Å². The molecule has 1 aromatic heterocycles. The lowest BCUT2D eigenvalue weighted by atomic mass is 10.0. The molecule has 0 bridgehead atoms. The number of rotatable bonds is 2. The molecule has 78 valence electrons. The minimum Gasteiger partial charge on any atom is -0.326 e. The average molecular weight is 201 g/mol. The van der Waals surface area contributed by atoms with Gasteiger partial charge in [0.2, 0.25) is 0 Å². The van der Waals surface area contributed by atoms with Crippen LogP contribution in [0.1, 0.15) is 11.1 Å². The van der Waals surface area contributed by atoms with E-state index in [1.54, 1.807) is 0 Å². The number of benzene rings is 1. The maximum atomic E-state index is 5.70. The highest BCUT2D eigenvalue weighted by molar-refractivity contribution is 5.66. The van der Waals surface area contributed by atoms with Crippen LogP contribution in [0.3, 0.4) is 0 Å². The van der Waals surface area contributed by atoms with E-state index in [0.717, 1.165) is 11.3 Å². The molecule has 0 aliphatic heterocycles. The molecular formula is C12H15N3. The van der Waals surface area contributed by atoms with Crippen molar-refractivity contribution in [2.45, 2.75) is 13.5 Å². The monoisotopic (exact) mass is 201 g/mol. The van der Waals surface area contributed by atoms with Crippen LogP contribution in [-0.2, 0) is 13.6 Å². The summed E-state index contributed by atoms with van der Waals surface area (Å²) in [5.41, 5.74) is 10.2. The van der Waals surface area contributed by atoms with Gasteiger partial charge in [0.25, 0.3) is 0 Å². The average Bonchev–Trinajstić information content (AvgIpc) is 2.60. The number of hydrogen-bond donors (Lipinski definition) is 1. The van der Waals surface area contributed by atoms with Gasteiger partial charge in [0, 0.05) is 30.9 Å². The van der Waals surface area contributed by atoms with Crippen LogP contribution in [0.5, 0.6) is 0 Å². The second kappa shape index (κ2) is 3.87. The smallest absolute Gasteiger partial charge is 0.0970 e. The first-order valence-electron chi connectivity index (χ1n) is 5.01. The molecule has 1 aromatic carbocycles. The highest BCUT2D eigenvalue weighted by atomic mass is 15.3. The van der Waals surface area contributed by atoms with E-state index in [2.05, 4.69) is 24.2 Å². The predicted molar refractivity (Wildman–Crippen MR) is 61.3 cm³/mol. The van der Waals surface area contributed by atoms with Gasteiger partial charge in [-0.3, -0.25) is 4.68 Å². The van der Waals surface area contributed by atoms with E-state index in [0.29, 0.717) is 6.54 Å². The molecule has 0 unspecified atom stereocenters. The molecule has 1 heterocycles. The molecule has 0 spiro atoms. The molecule has 0 fully saturated rings. The summed E-state index contributed by atoms with van der Waals surface area (Å²) in [5, 5.41) is 4.45. The van der Waals surface area contributed by atoms with Gasteiger partial charge in [-0.2, -0.15) is 5.10 Å². The lowest BCUT2D eigenvalue weighted by Crippen LogP contribution is -1.97. The molecule has 0 aliphatic rings. The summed E-state index contributed by atoms with van der Waals surface area (Å²) in [5.74, 6) is 0. The lowest BCUT2D eigenvalue weighted by Gasteiger charge is -2.03. The lowest BCUT2D eigenvalue weighted by molar-refractivity contribution is 0.769. The van der Waals surface area contributed by atoms with Crippen molar-refractivity contribution in [3.63, 3.8) is 0 Å². The topological polar surface area (TPSA) is 43.8 Å². The first-order valence-corrected chi connectivity index (χ1v) is 5.01. The van der Waals surface area contributed by atoms with Crippen molar-refractivity contribution >= 4 is 0 Å². The van der Waals surface area contributed by atoms with E-state index >= 15 is 0 Å². The van der Waals surface area contributed by atoms with Gasteiger partial charge in [-0.15, -0.1) is 0 Å². The van der Waals surface area contributed by atoms with Gasteiger partial charge in [-0.05, 0) is 12.5 Å². The summed E-state index contributed by atoms with van der Waals surface area (Å²) in [6.45, 7) is 2.61. The molecule has 0 saturated carbocycles. The molecule has 0 aliphatic carbocycles. The summed E-state index contributed by atoms with van der Waals surface area (Å²) >= 11 is 0. The van der Waals surface area contributed by atoms with E-state index in [1.807, 2.05) is 30.1 Å². The first kappa shape index (κ1) is 9.93. The summed E-state index contributed by atoms with van der Waals surface area (Å²) in [6.07, 6.45) is 1.97. The normalized spacial score (nSPS) is 10.6. The summed E-state index contributed by atoms with van der Waals surface area (Å²) in [6, 6.07) is 8.22. The van der Waals surface area contributed by atoms with Crippen LogP contribution < -0.4 is 5.73 Å². The van der Waals surface area contributed by atoms with E-state index in [4.69, 9.17) is 5.73 Å². The number of hydrogen-bond acceptors (Lipinski definition) is 2. The Morgan fingerprint density at radius 1 is 1.33 bits per heavy atom. The van der Waals surface area contributed by atoms with Crippen molar-refractivity contribution in [2.24, 2.45) is 12.8 Å². The second-order valence-corrected chi connectivity index (χ2v) is 3.70. The number of nitrogens with zero attached hydrogens (tertiary/aromatic N) is 2. The Bertz CT molecular complexity index is 471. The third kappa shape index (κ3) is 1.78. The van der Waals surface area contributed by atoms with Gasteiger partial charge in [-0.1, -0.05) is 24.3 Å². The maximum Gasteiger partial charge on any atom is 0.0970 e. The van der Waals surface area contributed by atoms with Gasteiger partial charge in [0.05, 0.1) is 5.69 Å². The van der Waals surface area contributed by atoms with Gasteiger partial charge in [-0.25, -0.2) is 0 Å². The summed E-state index contributed by atoms with van der Waals surface area (Å²) < 4.78 is 1.81. The summed E-state index contributed by atoms with van der Waals surface area (Å²) in [7, 11) is 1.92. The van der Waals surface area contributed by atoms with Gasteiger partial charge in [0.15, 0.2) is 0 Å². The van der Waals surface area contributed by atoms with Crippen molar-refractivity contribution in [1.29, 1.82) is 0 Å². The first-order chi connectivity index (χ1) is 7.22. The third-order valence-corrected chi connectivity index (χ3v) is 2.52. The van der Waals surface area contributed by atoms with Crippen molar-refractivity contribution < 1.29 is 0 Å². The standard InChI is InChI=1S/C12H15N3/c1-9-5-3-4-6-11(9)12-10(7-13)8-15(2)14-12/h3-6,8H,7,13H2,1-2H3. The number of aromatic nitrogens is 2. The van der Waals surface area contributed by atoms with Crippen LogP contribution in [0.25, 0.3) is 11.3 Å². The Balaban J connectivity index is 2.58. The molecule has 3 heteroatoms. The van der Waals surface area contributed by atoms with Crippen LogP contribution in [-0.4, -0.2) is 9.78 Å². The molecule has 15 heavy (non-hydrogen) atoms. The molecule has 3 nitrogen and oxygen atoms in total. The fourth-order valence-electron chi connectivity index (χ4n) is 1.75. The highest BCUT2D eigenvalue weighted by Crippen LogP contribution is 2.24. The Labute approximate surface area is 89.5 Å². The number of nitrogens with two attached hydrogens (primary N) is 1. The Kier molecular flexibility index (Phi) is 2.56. The van der Waals surface area contributed by atoms with Gasteiger partial charge >= 0.3 is 0 Å². The molecule has 2 aromatic rings. The van der Waals surface area contributed by atoms with Crippen molar-refractivity contribution in [2.75, 3.05) is 0 Å². The molecule has 2 rings (SSSR count). The minimum absolute atomic E-state index is 0.525. The molecule has 2 N–H and O–H groups in total. The van der Waals surface area contributed by atoms with Crippen LogP contribution in [0, 0.1) is 6.92 Å².